The Kier molecular flexibility index (Phi) is 5.56. The second kappa shape index (κ2) is 6.77. The first-order valence-electron chi connectivity index (χ1n) is 6.48. The van der Waals surface area contributed by atoms with E-state index in [9.17, 15) is 13.2 Å². The van der Waals surface area contributed by atoms with Crippen LogP contribution in [-0.4, -0.2) is 42.0 Å². The molecule has 118 valence electrons. The zero-order valence-corrected chi connectivity index (χ0v) is 13.5. The zero-order chi connectivity index (χ0) is 16.2. The number of nitrogens with two attached hydrogens (primary N) is 1. The van der Waals surface area contributed by atoms with E-state index in [1.54, 1.807) is 32.0 Å². The van der Waals surface area contributed by atoms with E-state index in [0.29, 0.717) is 17.9 Å². The maximum atomic E-state index is 11.8. The summed E-state index contributed by atoms with van der Waals surface area (Å²) in [6, 6.07) is 4.49. The number of nitrogen functional groups attached to an aromatic ring is 1. The summed E-state index contributed by atoms with van der Waals surface area (Å²) >= 11 is 0. The Balaban J connectivity index is 3.07. The molecule has 0 aliphatic rings. The predicted molar refractivity (Wildman–Crippen MR) is 83.6 cm³/mol. The van der Waals surface area contributed by atoms with E-state index in [0.717, 1.165) is 0 Å². The first kappa shape index (κ1) is 17.3. The third-order valence-corrected chi connectivity index (χ3v) is 4.65. The number of sulfonamides is 1. The number of nitrogens with zero attached hydrogens (tertiary/aromatic N) is 1. The molecule has 1 aromatic carbocycles. The Labute approximate surface area is 125 Å². The van der Waals surface area contributed by atoms with Gasteiger partial charge in [-0.05, 0) is 25.2 Å². The molecule has 0 bridgehead atoms. The minimum Gasteiger partial charge on any atom is -0.397 e. The molecule has 8 heteroatoms. The van der Waals surface area contributed by atoms with Gasteiger partial charge in [0.1, 0.15) is 0 Å². The predicted octanol–water partition coefficient (Wildman–Crippen LogP) is -0.00480. The van der Waals surface area contributed by atoms with Crippen molar-refractivity contribution in [1.82, 2.24) is 10.0 Å². The highest BCUT2D eigenvalue weighted by Gasteiger charge is 2.18. The molecule has 1 unspecified atom stereocenters. The summed E-state index contributed by atoms with van der Waals surface area (Å²) in [4.78, 5) is 13.5. The first-order valence-corrected chi connectivity index (χ1v) is 7.97. The smallest absolute Gasteiger partial charge is 0.240 e. The molecule has 1 rings (SSSR count). The SMILES string of the molecule is CNC(=O)C(C)CN(C)c1cc(S(=O)(=O)NC)ccc1N. The third kappa shape index (κ3) is 4.08. The number of hydrogen-bond acceptors (Lipinski definition) is 5. The lowest BCUT2D eigenvalue weighted by Crippen LogP contribution is -2.34. The minimum absolute atomic E-state index is 0.0839. The van der Waals surface area contributed by atoms with Crippen LogP contribution in [0.2, 0.25) is 0 Å². The third-order valence-electron chi connectivity index (χ3n) is 3.23. The average molecular weight is 314 g/mol. The van der Waals surface area contributed by atoms with Gasteiger partial charge >= 0.3 is 0 Å². The maximum absolute atomic E-state index is 11.8. The Morgan fingerprint density at radius 1 is 1.38 bits per heavy atom. The zero-order valence-electron chi connectivity index (χ0n) is 12.7. The Morgan fingerprint density at radius 2 is 2.00 bits per heavy atom. The topological polar surface area (TPSA) is 105 Å². The highest BCUT2D eigenvalue weighted by Crippen LogP contribution is 2.26. The van der Waals surface area contributed by atoms with Gasteiger partial charge in [-0.15, -0.1) is 0 Å². The fraction of sp³-hybridized carbons (Fsp3) is 0.462. The van der Waals surface area contributed by atoms with Crippen molar-refractivity contribution in [3.63, 3.8) is 0 Å². The lowest BCUT2D eigenvalue weighted by atomic mass is 10.1. The summed E-state index contributed by atoms with van der Waals surface area (Å²) in [5.41, 5.74) is 6.93. The van der Waals surface area contributed by atoms with Crippen LogP contribution < -0.4 is 20.7 Å². The van der Waals surface area contributed by atoms with Crippen LogP contribution in [0.5, 0.6) is 0 Å². The van der Waals surface area contributed by atoms with Gasteiger partial charge in [0.25, 0.3) is 0 Å². The Hall–Kier alpha value is -1.80. The molecule has 0 heterocycles. The van der Waals surface area contributed by atoms with Crippen LogP contribution in [0.25, 0.3) is 0 Å². The molecule has 0 spiro atoms. The molecule has 0 fully saturated rings. The number of amides is 1. The van der Waals surface area contributed by atoms with E-state index >= 15 is 0 Å². The van der Waals surface area contributed by atoms with Crippen molar-refractivity contribution < 1.29 is 13.2 Å². The second-order valence-electron chi connectivity index (χ2n) is 4.82. The molecule has 21 heavy (non-hydrogen) atoms. The van der Waals surface area contributed by atoms with E-state index in [2.05, 4.69) is 10.0 Å². The minimum atomic E-state index is -3.53. The maximum Gasteiger partial charge on any atom is 0.240 e. The van der Waals surface area contributed by atoms with E-state index < -0.39 is 10.0 Å². The lowest BCUT2D eigenvalue weighted by Gasteiger charge is -2.24. The van der Waals surface area contributed by atoms with Gasteiger partial charge in [-0.3, -0.25) is 4.79 Å². The Bertz CT molecular complexity index is 616. The molecule has 7 nitrogen and oxygen atoms in total. The van der Waals surface area contributed by atoms with Crippen LogP contribution in [0.3, 0.4) is 0 Å². The molecule has 0 aromatic heterocycles. The molecule has 0 saturated heterocycles. The van der Waals surface area contributed by atoms with E-state index in [1.165, 1.54) is 19.2 Å². The number of benzene rings is 1. The highest BCUT2D eigenvalue weighted by atomic mass is 32.2. The molecule has 1 aromatic rings. The van der Waals surface area contributed by atoms with Gasteiger partial charge < -0.3 is 16.0 Å². The molecule has 0 aliphatic carbocycles. The summed E-state index contributed by atoms with van der Waals surface area (Å²) in [6.45, 7) is 2.21. The van der Waals surface area contributed by atoms with Crippen molar-refractivity contribution in [3.05, 3.63) is 18.2 Å². The quantitative estimate of drug-likeness (QED) is 0.641. The van der Waals surface area contributed by atoms with Gasteiger partial charge in [0.05, 0.1) is 22.2 Å². The highest BCUT2D eigenvalue weighted by molar-refractivity contribution is 7.89. The van der Waals surface area contributed by atoms with E-state index in [-0.39, 0.29) is 16.7 Å². The van der Waals surface area contributed by atoms with Gasteiger partial charge in [0.15, 0.2) is 0 Å². The van der Waals surface area contributed by atoms with Crippen molar-refractivity contribution in [1.29, 1.82) is 0 Å². The number of rotatable bonds is 6. The van der Waals surface area contributed by atoms with Gasteiger partial charge in [-0.2, -0.15) is 0 Å². The number of carbonyl (C=O) groups excluding carboxylic acids is 1. The molecule has 0 aliphatic heterocycles. The second-order valence-corrected chi connectivity index (χ2v) is 6.71. The van der Waals surface area contributed by atoms with Crippen LogP contribution in [0.4, 0.5) is 11.4 Å². The van der Waals surface area contributed by atoms with Gasteiger partial charge in [-0.1, -0.05) is 6.92 Å². The van der Waals surface area contributed by atoms with E-state index in [4.69, 9.17) is 5.73 Å². The molecule has 4 N–H and O–H groups in total. The van der Waals surface area contributed by atoms with Gasteiger partial charge in [0, 0.05) is 20.6 Å². The van der Waals surface area contributed by atoms with Crippen LogP contribution in [-0.2, 0) is 14.8 Å². The fourth-order valence-electron chi connectivity index (χ4n) is 1.98. The Morgan fingerprint density at radius 3 is 2.52 bits per heavy atom. The molecular weight excluding hydrogens is 292 g/mol. The van der Waals surface area contributed by atoms with Gasteiger partial charge in [-0.25, -0.2) is 13.1 Å². The number of hydrogen-bond donors (Lipinski definition) is 3. The van der Waals surface area contributed by atoms with Crippen molar-refractivity contribution in [2.24, 2.45) is 5.92 Å². The average Bonchev–Trinajstić information content (AvgIpc) is 2.46. The standard InChI is InChI=1S/C13H22N4O3S/c1-9(13(18)15-2)8-17(4)12-7-10(5-6-11(12)14)21(19,20)16-3/h5-7,9,16H,8,14H2,1-4H3,(H,15,18). The normalized spacial score (nSPS) is 12.8. The number of carbonyl (C=O) groups is 1. The summed E-state index contributed by atoms with van der Waals surface area (Å²) in [5, 5.41) is 2.58. The largest absolute Gasteiger partial charge is 0.397 e. The lowest BCUT2D eigenvalue weighted by molar-refractivity contribution is -0.123. The van der Waals surface area contributed by atoms with Gasteiger partial charge in [0.2, 0.25) is 15.9 Å². The van der Waals surface area contributed by atoms with Crippen LogP contribution in [0.1, 0.15) is 6.92 Å². The summed E-state index contributed by atoms with van der Waals surface area (Å²) in [5.74, 6) is -0.330. The van der Waals surface area contributed by atoms with Crippen molar-refractivity contribution in [2.45, 2.75) is 11.8 Å². The fourth-order valence-corrected chi connectivity index (χ4v) is 2.73. The number of nitrogens with one attached hydrogen (secondary N) is 2. The first-order chi connectivity index (χ1) is 9.72. The van der Waals surface area contributed by atoms with Crippen molar-refractivity contribution in [2.75, 3.05) is 38.3 Å². The molecule has 1 amide bonds. The molecule has 1 atom stereocenters. The van der Waals surface area contributed by atoms with Crippen LogP contribution in [0, 0.1) is 5.92 Å². The summed E-state index contributed by atoms with van der Waals surface area (Å²) in [7, 11) is 1.16. The van der Waals surface area contributed by atoms with Crippen molar-refractivity contribution >= 4 is 27.3 Å². The monoisotopic (exact) mass is 314 g/mol. The molecule has 0 radical (unpaired) electrons. The van der Waals surface area contributed by atoms with Crippen molar-refractivity contribution in [3.8, 4) is 0 Å². The summed E-state index contributed by atoms with van der Waals surface area (Å²) < 4.78 is 25.9. The summed E-state index contributed by atoms with van der Waals surface area (Å²) in [6.07, 6.45) is 0. The molecular formula is C13H22N4O3S. The van der Waals surface area contributed by atoms with E-state index in [1.807, 2.05) is 0 Å². The van der Waals surface area contributed by atoms with Crippen LogP contribution >= 0.6 is 0 Å². The number of anilines is 2. The van der Waals surface area contributed by atoms with Crippen LogP contribution in [0.15, 0.2) is 23.1 Å². The molecule has 0 saturated carbocycles.